The fraction of sp³-hybridized carbons (Fsp3) is 0.882. The standard InChI is InChI=1S/C17H24F2O4/c1-15(2,3)14(22)23-16(17(18,19)13(20)21)11-5-9-4-10(7-11)8-12(16)6-9/h9-12H,4-8H2,1-3H3,(H,20,21). The molecule has 4 rings (SSSR count). The molecule has 6 heteroatoms. The highest BCUT2D eigenvalue weighted by Crippen LogP contribution is 2.64. The predicted molar refractivity (Wildman–Crippen MR) is 77.9 cm³/mol. The Bertz CT molecular complexity index is 507. The molecule has 0 atom stereocenters. The number of rotatable bonds is 3. The van der Waals surface area contributed by atoms with E-state index in [-0.39, 0.29) is 0 Å². The largest absolute Gasteiger partial charge is 0.477 e. The van der Waals surface area contributed by atoms with Crippen LogP contribution in [0.5, 0.6) is 0 Å². The summed E-state index contributed by atoms with van der Waals surface area (Å²) in [5.41, 5.74) is -3.13. The van der Waals surface area contributed by atoms with Crippen LogP contribution in [0.2, 0.25) is 0 Å². The summed E-state index contributed by atoms with van der Waals surface area (Å²) in [6.07, 6.45) is 3.18. The molecule has 4 saturated carbocycles. The molecule has 4 bridgehead atoms. The molecule has 0 aromatic heterocycles. The lowest BCUT2D eigenvalue weighted by Crippen LogP contribution is -2.70. The van der Waals surface area contributed by atoms with Gasteiger partial charge in [0.1, 0.15) is 0 Å². The van der Waals surface area contributed by atoms with Crippen molar-refractivity contribution in [3.05, 3.63) is 0 Å². The van der Waals surface area contributed by atoms with Crippen molar-refractivity contribution in [2.75, 3.05) is 0 Å². The molecule has 0 saturated heterocycles. The van der Waals surface area contributed by atoms with Gasteiger partial charge in [0.2, 0.25) is 0 Å². The van der Waals surface area contributed by atoms with Crippen molar-refractivity contribution < 1.29 is 28.2 Å². The molecular weight excluding hydrogens is 306 g/mol. The van der Waals surface area contributed by atoms with Crippen molar-refractivity contribution in [2.24, 2.45) is 29.1 Å². The third-order valence-electron chi connectivity index (χ3n) is 5.98. The van der Waals surface area contributed by atoms with Crippen LogP contribution in [0.1, 0.15) is 52.9 Å². The minimum absolute atomic E-state index is 0.364. The fourth-order valence-electron chi connectivity index (χ4n) is 5.10. The normalized spacial score (nSPS) is 39.3. The molecule has 0 heterocycles. The average molecular weight is 330 g/mol. The number of carboxylic acid groups (broad SMARTS) is 1. The highest BCUT2D eigenvalue weighted by atomic mass is 19.3. The lowest BCUT2D eigenvalue weighted by molar-refractivity contribution is -0.290. The summed E-state index contributed by atoms with van der Waals surface area (Å²) >= 11 is 0. The highest BCUT2D eigenvalue weighted by molar-refractivity contribution is 5.80. The Morgan fingerprint density at radius 1 is 1.00 bits per heavy atom. The second-order valence-corrected chi connectivity index (χ2v) is 8.62. The van der Waals surface area contributed by atoms with Crippen LogP contribution in [0.25, 0.3) is 0 Å². The molecule has 0 unspecified atom stereocenters. The molecule has 0 aromatic rings. The first-order chi connectivity index (χ1) is 10.5. The summed E-state index contributed by atoms with van der Waals surface area (Å²) in [5.74, 6) is -7.38. The Morgan fingerprint density at radius 2 is 1.43 bits per heavy atom. The van der Waals surface area contributed by atoms with E-state index >= 15 is 0 Å². The number of ether oxygens (including phenoxy) is 1. The van der Waals surface area contributed by atoms with Gasteiger partial charge in [0.25, 0.3) is 0 Å². The first kappa shape index (κ1) is 16.7. The molecule has 130 valence electrons. The van der Waals surface area contributed by atoms with Gasteiger partial charge in [-0.3, -0.25) is 4.79 Å². The van der Waals surface area contributed by atoms with Crippen LogP contribution >= 0.6 is 0 Å². The van der Waals surface area contributed by atoms with Crippen LogP contribution in [0, 0.1) is 29.1 Å². The van der Waals surface area contributed by atoms with Crippen molar-refractivity contribution in [3.8, 4) is 0 Å². The monoisotopic (exact) mass is 330 g/mol. The Labute approximate surface area is 134 Å². The molecule has 4 aliphatic carbocycles. The minimum Gasteiger partial charge on any atom is -0.477 e. The number of carbonyl (C=O) groups excluding carboxylic acids is 1. The van der Waals surface area contributed by atoms with E-state index in [9.17, 15) is 18.4 Å². The van der Waals surface area contributed by atoms with Gasteiger partial charge in [-0.2, -0.15) is 8.78 Å². The first-order valence-electron chi connectivity index (χ1n) is 8.33. The summed E-state index contributed by atoms with van der Waals surface area (Å²) in [4.78, 5) is 23.7. The maximum Gasteiger partial charge on any atom is 0.381 e. The fourth-order valence-corrected chi connectivity index (χ4v) is 5.10. The lowest BCUT2D eigenvalue weighted by Gasteiger charge is -2.61. The van der Waals surface area contributed by atoms with E-state index in [1.807, 2.05) is 0 Å². The summed E-state index contributed by atoms with van der Waals surface area (Å²) in [6.45, 7) is 4.79. The van der Waals surface area contributed by atoms with Gasteiger partial charge in [0.05, 0.1) is 5.41 Å². The molecule has 4 nitrogen and oxygen atoms in total. The van der Waals surface area contributed by atoms with Crippen molar-refractivity contribution in [1.82, 2.24) is 0 Å². The quantitative estimate of drug-likeness (QED) is 0.805. The van der Waals surface area contributed by atoms with E-state index in [4.69, 9.17) is 9.84 Å². The van der Waals surface area contributed by atoms with Gasteiger partial charge in [0.15, 0.2) is 5.60 Å². The van der Waals surface area contributed by atoms with Gasteiger partial charge in [-0.05, 0) is 64.7 Å². The molecule has 4 aliphatic rings. The summed E-state index contributed by atoms with van der Waals surface area (Å²) < 4.78 is 35.1. The molecule has 23 heavy (non-hydrogen) atoms. The minimum atomic E-state index is -4.06. The number of aliphatic carboxylic acids is 1. The smallest absolute Gasteiger partial charge is 0.381 e. The zero-order valence-electron chi connectivity index (χ0n) is 13.8. The van der Waals surface area contributed by atoms with Crippen LogP contribution in [0.3, 0.4) is 0 Å². The van der Waals surface area contributed by atoms with Gasteiger partial charge < -0.3 is 9.84 Å². The molecular formula is C17H24F2O4. The second-order valence-electron chi connectivity index (χ2n) is 8.62. The van der Waals surface area contributed by atoms with E-state index in [1.54, 1.807) is 20.8 Å². The van der Waals surface area contributed by atoms with Gasteiger partial charge in [0, 0.05) is 11.8 Å². The Hall–Kier alpha value is -1.20. The molecule has 1 N–H and O–H groups in total. The first-order valence-corrected chi connectivity index (χ1v) is 8.33. The number of carbonyl (C=O) groups is 2. The topological polar surface area (TPSA) is 63.6 Å². The molecule has 0 radical (unpaired) electrons. The number of hydrogen-bond donors (Lipinski definition) is 1. The van der Waals surface area contributed by atoms with E-state index in [0.29, 0.717) is 37.5 Å². The predicted octanol–water partition coefficient (Wildman–Crippen LogP) is 3.49. The number of alkyl halides is 2. The zero-order valence-corrected chi connectivity index (χ0v) is 13.8. The third kappa shape index (κ3) is 2.28. The van der Waals surface area contributed by atoms with Gasteiger partial charge >= 0.3 is 17.9 Å². The second kappa shape index (κ2) is 4.90. The highest BCUT2D eigenvalue weighted by Gasteiger charge is 2.74. The zero-order chi connectivity index (χ0) is 17.2. The van der Waals surface area contributed by atoms with E-state index in [0.717, 1.165) is 6.42 Å². The SMILES string of the molecule is CC(C)(C)C(=O)OC1(C(F)(F)C(=O)O)C2CC3CC(C2)CC1C3. The summed E-state index contributed by atoms with van der Waals surface area (Å²) in [6, 6.07) is 0. The number of esters is 1. The van der Waals surface area contributed by atoms with Crippen LogP contribution in [-0.4, -0.2) is 28.6 Å². The van der Waals surface area contributed by atoms with Crippen LogP contribution in [0.15, 0.2) is 0 Å². The molecule has 4 fully saturated rings. The number of halogens is 2. The van der Waals surface area contributed by atoms with E-state index < -0.39 is 40.7 Å². The van der Waals surface area contributed by atoms with Crippen LogP contribution in [-0.2, 0) is 14.3 Å². The average Bonchev–Trinajstić information content (AvgIpc) is 2.40. The van der Waals surface area contributed by atoms with Crippen LogP contribution < -0.4 is 0 Å². The Kier molecular flexibility index (Phi) is 3.55. The molecule has 0 amide bonds. The Balaban J connectivity index is 2.05. The van der Waals surface area contributed by atoms with Gasteiger partial charge in [-0.15, -0.1) is 0 Å². The number of hydrogen-bond acceptors (Lipinski definition) is 3. The van der Waals surface area contributed by atoms with Crippen molar-refractivity contribution >= 4 is 11.9 Å². The summed E-state index contributed by atoms with van der Waals surface area (Å²) in [7, 11) is 0. The lowest BCUT2D eigenvalue weighted by atomic mass is 9.48. The van der Waals surface area contributed by atoms with Crippen LogP contribution in [0.4, 0.5) is 8.78 Å². The van der Waals surface area contributed by atoms with Crippen molar-refractivity contribution in [2.45, 2.75) is 64.4 Å². The third-order valence-corrected chi connectivity index (χ3v) is 5.98. The Morgan fingerprint density at radius 3 is 1.78 bits per heavy atom. The van der Waals surface area contributed by atoms with Crippen molar-refractivity contribution in [1.29, 1.82) is 0 Å². The van der Waals surface area contributed by atoms with Gasteiger partial charge in [-0.25, -0.2) is 4.79 Å². The maximum absolute atomic E-state index is 14.8. The van der Waals surface area contributed by atoms with Crippen molar-refractivity contribution in [3.63, 3.8) is 0 Å². The molecule has 0 spiro atoms. The van der Waals surface area contributed by atoms with E-state index in [2.05, 4.69) is 0 Å². The van der Waals surface area contributed by atoms with E-state index in [1.165, 1.54) is 0 Å². The number of carboxylic acids is 1. The summed E-state index contributed by atoms with van der Waals surface area (Å²) in [5, 5.41) is 9.17. The molecule has 0 aliphatic heterocycles. The molecule has 0 aromatic carbocycles. The maximum atomic E-state index is 14.8. The van der Waals surface area contributed by atoms with Gasteiger partial charge in [-0.1, -0.05) is 0 Å².